The largest absolute Gasteiger partial charge is 0.396 e. The maximum absolute atomic E-state index is 12.3. The number of rotatable bonds is 3. The van der Waals surface area contributed by atoms with Crippen molar-refractivity contribution in [3.63, 3.8) is 0 Å². The summed E-state index contributed by atoms with van der Waals surface area (Å²) in [7, 11) is 0. The first-order chi connectivity index (χ1) is 8.74. The van der Waals surface area contributed by atoms with Crippen molar-refractivity contribution in [3.8, 4) is 0 Å². The molecule has 5 nitrogen and oxygen atoms in total. The number of hydrogen-bond acceptors (Lipinski definition) is 4. The van der Waals surface area contributed by atoms with Crippen LogP contribution < -0.4 is 11.3 Å². The van der Waals surface area contributed by atoms with Crippen LogP contribution in [0.2, 0.25) is 0 Å². The first kappa shape index (κ1) is 12.9. The molecule has 1 aliphatic heterocycles. The maximum atomic E-state index is 12.3. The number of carbonyl (C=O) groups is 1. The molecule has 4 N–H and O–H groups in total. The Balaban J connectivity index is 2.05. The smallest absolute Gasteiger partial charge is 0.253 e. The van der Waals surface area contributed by atoms with Crippen LogP contribution in [-0.4, -0.2) is 35.6 Å². The molecule has 1 amide bonds. The lowest BCUT2D eigenvalue weighted by Gasteiger charge is -2.31. The standard InChI is InChI=1S/C13H19N3O2/c14-15-12-5-3-11(4-6-12)13(18)16-7-1-2-10(8-16)9-17/h3-6,10,15,17H,1-2,7-9,14H2. The number of likely N-dealkylation sites (tertiary alicyclic amines) is 1. The van der Waals surface area contributed by atoms with E-state index >= 15 is 0 Å². The summed E-state index contributed by atoms with van der Waals surface area (Å²) >= 11 is 0. The first-order valence-corrected chi connectivity index (χ1v) is 6.21. The van der Waals surface area contributed by atoms with Crippen molar-refractivity contribution in [3.05, 3.63) is 29.8 Å². The second-order valence-corrected chi connectivity index (χ2v) is 4.66. The van der Waals surface area contributed by atoms with E-state index in [0.29, 0.717) is 12.1 Å². The SMILES string of the molecule is NNc1ccc(C(=O)N2CCCC(CO)C2)cc1. The number of benzene rings is 1. The van der Waals surface area contributed by atoms with E-state index in [1.165, 1.54) is 0 Å². The van der Waals surface area contributed by atoms with E-state index in [9.17, 15) is 4.79 Å². The summed E-state index contributed by atoms with van der Waals surface area (Å²) in [4.78, 5) is 14.1. The van der Waals surface area contributed by atoms with Gasteiger partial charge in [-0.25, -0.2) is 0 Å². The Hall–Kier alpha value is -1.59. The molecular weight excluding hydrogens is 230 g/mol. The Morgan fingerprint density at radius 2 is 2.17 bits per heavy atom. The van der Waals surface area contributed by atoms with Crippen molar-refractivity contribution in [2.75, 3.05) is 25.1 Å². The highest BCUT2D eigenvalue weighted by Crippen LogP contribution is 2.18. The molecule has 0 saturated carbocycles. The second kappa shape index (κ2) is 5.84. The molecule has 0 spiro atoms. The van der Waals surface area contributed by atoms with Gasteiger partial charge in [0.25, 0.3) is 5.91 Å². The number of piperidine rings is 1. The summed E-state index contributed by atoms with van der Waals surface area (Å²) in [5, 5.41) is 9.17. The van der Waals surface area contributed by atoms with Crippen LogP contribution in [0, 0.1) is 5.92 Å². The first-order valence-electron chi connectivity index (χ1n) is 6.21. The fourth-order valence-electron chi connectivity index (χ4n) is 2.29. The highest BCUT2D eigenvalue weighted by molar-refractivity contribution is 5.94. The van der Waals surface area contributed by atoms with E-state index in [1.807, 2.05) is 4.90 Å². The van der Waals surface area contributed by atoms with Crippen molar-refractivity contribution in [2.24, 2.45) is 11.8 Å². The normalized spacial score (nSPS) is 19.7. The third kappa shape index (κ3) is 2.80. The molecule has 1 aromatic carbocycles. The van der Waals surface area contributed by atoms with E-state index in [-0.39, 0.29) is 18.4 Å². The van der Waals surface area contributed by atoms with Crippen LogP contribution >= 0.6 is 0 Å². The average Bonchev–Trinajstić information content (AvgIpc) is 2.46. The van der Waals surface area contributed by atoms with Gasteiger partial charge < -0.3 is 15.4 Å². The summed E-state index contributed by atoms with van der Waals surface area (Å²) in [5.74, 6) is 5.52. The second-order valence-electron chi connectivity index (χ2n) is 4.66. The van der Waals surface area contributed by atoms with Crippen molar-refractivity contribution in [2.45, 2.75) is 12.8 Å². The molecule has 2 rings (SSSR count). The van der Waals surface area contributed by atoms with Crippen molar-refractivity contribution < 1.29 is 9.90 Å². The number of anilines is 1. The van der Waals surface area contributed by atoms with E-state index in [2.05, 4.69) is 5.43 Å². The van der Waals surface area contributed by atoms with Gasteiger partial charge in [-0.1, -0.05) is 0 Å². The van der Waals surface area contributed by atoms with Crippen LogP contribution in [-0.2, 0) is 0 Å². The highest BCUT2D eigenvalue weighted by atomic mass is 16.3. The zero-order chi connectivity index (χ0) is 13.0. The predicted octanol–water partition coefficient (Wildman–Crippen LogP) is 0.817. The van der Waals surface area contributed by atoms with Gasteiger partial charge in [0, 0.05) is 30.9 Å². The summed E-state index contributed by atoms with van der Waals surface area (Å²) in [5.41, 5.74) is 3.97. The van der Waals surface area contributed by atoms with Crippen molar-refractivity contribution in [1.29, 1.82) is 0 Å². The van der Waals surface area contributed by atoms with Crippen LogP contribution in [0.1, 0.15) is 23.2 Å². The Morgan fingerprint density at radius 1 is 1.44 bits per heavy atom. The van der Waals surface area contributed by atoms with Crippen LogP contribution in [0.5, 0.6) is 0 Å². The van der Waals surface area contributed by atoms with Gasteiger partial charge in [0.15, 0.2) is 0 Å². The van der Waals surface area contributed by atoms with E-state index in [1.54, 1.807) is 24.3 Å². The number of carbonyl (C=O) groups excluding carboxylic acids is 1. The molecule has 1 aliphatic rings. The van der Waals surface area contributed by atoms with E-state index in [0.717, 1.165) is 25.1 Å². The third-order valence-electron chi connectivity index (χ3n) is 3.36. The number of hydrazine groups is 1. The Labute approximate surface area is 107 Å². The lowest BCUT2D eigenvalue weighted by Crippen LogP contribution is -2.40. The van der Waals surface area contributed by atoms with Gasteiger partial charge in [-0.2, -0.15) is 0 Å². The van der Waals surface area contributed by atoms with Crippen molar-refractivity contribution in [1.82, 2.24) is 4.90 Å². The molecule has 18 heavy (non-hydrogen) atoms. The number of nitrogens with zero attached hydrogens (tertiary/aromatic N) is 1. The summed E-state index contributed by atoms with van der Waals surface area (Å²) in [6, 6.07) is 7.08. The summed E-state index contributed by atoms with van der Waals surface area (Å²) in [6.07, 6.45) is 1.95. The van der Waals surface area contributed by atoms with Crippen molar-refractivity contribution >= 4 is 11.6 Å². The molecule has 1 heterocycles. The zero-order valence-corrected chi connectivity index (χ0v) is 10.3. The minimum atomic E-state index is 0.0247. The number of amides is 1. The predicted molar refractivity (Wildman–Crippen MR) is 70.0 cm³/mol. The summed E-state index contributed by atoms with van der Waals surface area (Å²) in [6.45, 7) is 1.57. The lowest BCUT2D eigenvalue weighted by molar-refractivity contribution is 0.0621. The minimum Gasteiger partial charge on any atom is -0.396 e. The van der Waals surface area contributed by atoms with E-state index < -0.39 is 0 Å². The van der Waals surface area contributed by atoms with Gasteiger partial charge in [0.2, 0.25) is 0 Å². The van der Waals surface area contributed by atoms with Gasteiger partial charge in [-0.3, -0.25) is 10.6 Å². The molecule has 1 atom stereocenters. The number of hydrogen-bond donors (Lipinski definition) is 3. The van der Waals surface area contributed by atoms with Gasteiger partial charge in [-0.15, -0.1) is 0 Å². The van der Waals surface area contributed by atoms with Gasteiger partial charge in [0.1, 0.15) is 0 Å². The minimum absolute atomic E-state index is 0.0247. The van der Waals surface area contributed by atoms with Crippen LogP contribution in [0.15, 0.2) is 24.3 Å². The van der Waals surface area contributed by atoms with Crippen LogP contribution in [0.3, 0.4) is 0 Å². The fourth-order valence-corrected chi connectivity index (χ4v) is 2.29. The number of nitrogens with two attached hydrogens (primary N) is 1. The molecule has 1 unspecified atom stereocenters. The Kier molecular flexibility index (Phi) is 4.17. The topological polar surface area (TPSA) is 78.6 Å². The third-order valence-corrected chi connectivity index (χ3v) is 3.36. The molecule has 0 radical (unpaired) electrons. The quantitative estimate of drug-likeness (QED) is 0.547. The molecular formula is C13H19N3O2. The zero-order valence-electron chi connectivity index (χ0n) is 10.3. The highest BCUT2D eigenvalue weighted by Gasteiger charge is 2.23. The molecule has 1 fully saturated rings. The molecule has 98 valence electrons. The Bertz CT molecular complexity index is 405. The number of nitrogen functional groups attached to an aromatic ring is 1. The fraction of sp³-hybridized carbons (Fsp3) is 0.462. The Morgan fingerprint density at radius 3 is 2.78 bits per heavy atom. The van der Waals surface area contributed by atoms with Gasteiger partial charge in [0.05, 0.1) is 0 Å². The molecule has 1 saturated heterocycles. The van der Waals surface area contributed by atoms with Crippen LogP contribution in [0.25, 0.3) is 0 Å². The molecule has 0 aromatic heterocycles. The van der Waals surface area contributed by atoms with Gasteiger partial charge >= 0.3 is 0 Å². The number of aliphatic hydroxyl groups excluding tert-OH is 1. The number of aliphatic hydroxyl groups is 1. The maximum Gasteiger partial charge on any atom is 0.253 e. The molecule has 0 bridgehead atoms. The molecule has 5 heteroatoms. The average molecular weight is 249 g/mol. The monoisotopic (exact) mass is 249 g/mol. The van der Waals surface area contributed by atoms with E-state index in [4.69, 9.17) is 10.9 Å². The summed E-state index contributed by atoms with van der Waals surface area (Å²) < 4.78 is 0. The van der Waals surface area contributed by atoms with Crippen LogP contribution in [0.4, 0.5) is 5.69 Å². The number of nitrogens with one attached hydrogen (secondary N) is 1. The van der Waals surface area contributed by atoms with Gasteiger partial charge in [-0.05, 0) is 43.0 Å². The lowest BCUT2D eigenvalue weighted by atomic mass is 9.98. The molecule has 0 aliphatic carbocycles. The molecule has 1 aromatic rings.